The van der Waals surface area contributed by atoms with Crippen molar-refractivity contribution < 1.29 is 18.7 Å². The lowest BCUT2D eigenvalue weighted by molar-refractivity contribution is -0.125. The van der Waals surface area contributed by atoms with Gasteiger partial charge in [0, 0.05) is 19.0 Å². The van der Waals surface area contributed by atoms with Crippen molar-refractivity contribution in [3.8, 4) is 17.2 Å². The summed E-state index contributed by atoms with van der Waals surface area (Å²) in [5.74, 6) is -0.378. The Balaban J connectivity index is 1.69. The largest absolute Gasteiger partial charge is 0.493 e. The quantitative estimate of drug-likeness (QED) is 0.404. The lowest BCUT2D eigenvalue weighted by Gasteiger charge is -2.23. The Bertz CT molecular complexity index is 1490. The van der Waals surface area contributed by atoms with Crippen LogP contribution < -0.4 is 20.5 Å². The molecule has 12 heteroatoms. The number of benzene rings is 2. The molecule has 5 rings (SSSR count). The van der Waals surface area contributed by atoms with Crippen molar-refractivity contribution >= 4 is 57.9 Å². The van der Waals surface area contributed by atoms with Crippen molar-refractivity contribution in [3.05, 3.63) is 57.2 Å². The first-order valence-electron chi connectivity index (χ1n) is 10.5. The summed E-state index contributed by atoms with van der Waals surface area (Å²) in [4.78, 5) is 35.3. The summed E-state index contributed by atoms with van der Waals surface area (Å²) in [5, 5.41) is 3.11. The van der Waals surface area contributed by atoms with Gasteiger partial charge in [0.15, 0.2) is 23.1 Å². The molecule has 0 radical (unpaired) electrons. The summed E-state index contributed by atoms with van der Waals surface area (Å²) in [5.41, 5.74) is -0.228. The Hall–Kier alpha value is -3.63. The van der Waals surface area contributed by atoms with E-state index in [9.17, 15) is 9.59 Å². The average Bonchev–Trinajstić information content (AvgIpc) is 3.33. The van der Waals surface area contributed by atoms with Crippen molar-refractivity contribution in [1.82, 2.24) is 14.5 Å². The highest BCUT2D eigenvalue weighted by Crippen LogP contribution is 2.45. The summed E-state index contributed by atoms with van der Waals surface area (Å²) in [6.07, 6.45) is 2.83. The third-order valence-corrected chi connectivity index (χ3v) is 6.63. The number of rotatable bonds is 5. The van der Waals surface area contributed by atoms with Crippen molar-refractivity contribution in [2.75, 3.05) is 25.5 Å². The van der Waals surface area contributed by atoms with E-state index in [1.165, 1.54) is 31.7 Å². The minimum Gasteiger partial charge on any atom is -0.493 e. The third-order valence-electron chi connectivity index (χ3n) is 5.85. The van der Waals surface area contributed by atoms with Crippen molar-refractivity contribution in [2.24, 2.45) is 4.99 Å². The van der Waals surface area contributed by atoms with Gasteiger partial charge in [0.05, 0.1) is 46.8 Å². The molecule has 2 aliphatic heterocycles. The van der Waals surface area contributed by atoms with Crippen LogP contribution in [0.15, 0.2) is 40.6 Å². The molecule has 180 valence electrons. The van der Waals surface area contributed by atoms with Gasteiger partial charge in [-0.05, 0) is 18.2 Å². The highest BCUT2D eigenvalue weighted by atomic mass is 35.5. The van der Waals surface area contributed by atoms with E-state index in [0.29, 0.717) is 36.3 Å². The summed E-state index contributed by atoms with van der Waals surface area (Å²) in [7, 11) is 1.47. The molecular formula is C23H18Cl2FN5O4. The van der Waals surface area contributed by atoms with Crippen LogP contribution in [0.25, 0.3) is 16.6 Å². The zero-order chi connectivity index (χ0) is 24.9. The van der Waals surface area contributed by atoms with Gasteiger partial charge in [-0.1, -0.05) is 29.8 Å². The number of anilines is 1. The number of amides is 1. The first-order valence-corrected chi connectivity index (χ1v) is 11.3. The number of carbonyl (C=O) groups excluding carboxylic acids is 1. The Morgan fingerprint density at radius 3 is 2.91 bits per heavy atom. The number of methoxy groups -OCH3 is 1. The molecule has 1 fully saturated rings. The van der Waals surface area contributed by atoms with Crippen LogP contribution in [0.1, 0.15) is 6.42 Å². The number of carbonyl (C=O) groups is 1. The minimum absolute atomic E-state index is 0.00943. The zero-order valence-corrected chi connectivity index (χ0v) is 19.9. The summed E-state index contributed by atoms with van der Waals surface area (Å²) in [6, 6.07) is 4.39. The van der Waals surface area contributed by atoms with Gasteiger partial charge in [-0.15, -0.1) is 0 Å². The second kappa shape index (κ2) is 8.86. The monoisotopic (exact) mass is 517 g/mol. The average molecular weight is 518 g/mol. The van der Waals surface area contributed by atoms with E-state index in [1.54, 1.807) is 11.0 Å². The third kappa shape index (κ3) is 3.78. The Kier molecular flexibility index (Phi) is 5.86. The van der Waals surface area contributed by atoms with Crippen LogP contribution in [-0.4, -0.2) is 53.0 Å². The number of hydrogen-bond donors (Lipinski definition) is 1. The number of ether oxygens (including phenoxy) is 2. The smallest absolute Gasteiger partial charge is 0.354 e. The lowest BCUT2D eigenvalue weighted by Crippen LogP contribution is -2.29. The number of aliphatic imine (C=N–C) groups is 1. The number of likely N-dealkylation sites (tertiary alicyclic amines) is 1. The molecule has 3 heterocycles. The molecule has 35 heavy (non-hydrogen) atoms. The first kappa shape index (κ1) is 23.1. The number of aromatic nitrogens is 2. The number of nitrogens with one attached hydrogen (secondary N) is 1. The molecule has 0 spiro atoms. The SMILES string of the molecule is C=CC(=O)N1CCC(Oc2c(OC)cc3c4c(n(-c5ccc(Cl)c(Cl)c5F)c(=O)nc24)N=CN3)C1. The van der Waals surface area contributed by atoms with Crippen LogP contribution in [0.5, 0.6) is 11.5 Å². The summed E-state index contributed by atoms with van der Waals surface area (Å²) >= 11 is 11.9. The molecule has 9 nitrogen and oxygen atoms in total. The normalized spacial score (nSPS) is 16.3. The van der Waals surface area contributed by atoms with Gasteiger partial charge in [-0.3, -0.25) is 4.79 Å². The Labute approximate surface area is 208 Å². The molecule has 0 saturated carbocycles. The van der Waals surface area contributed by atoms with Crippen LogP contribution in [0.3, 0.4) is 0 Å². The Morgan fingerprint density at radius 1 is 1.37 bits per heavy atom. The van der Waals surface area contributed by atoms with Crippen molar-refractivity contribution in [1.29, 1.82) is 0 Å². The predicted molar refractivity (Wildman–Crippen MR) is 131 cm³/mol. The van der Waals surface area contributed by atoms with E-state index < -0.39 is 11.5 Å². The first-order chi connectivity index (χ1) is 16.8. The van der Waals surface area contributed by atoms with E-state index in [0.717, 1.165) is 4.57 Å². The van der Waals surface area contributed by atoms with Crippen molar-refractivity contribution in [3.63, 3.8) is 0 Å². The predicted octanol–water partition coefficient (Wildman–Crippen LogP) is 4.09. The van der Waals surface area contributed by atoms with E-state index in [4.69, 9.17) is 32.7 Å². The lowest BCUT2D eigenvalue weighted by atomic mass is 10.1. The molecule has 0 aliphatic carbocycles. The van der Waals surface area contributed by atoms with E-state index in [-0.39, 0.29) is 44.8 Å². The van der Waals surface area contributed by atoms with E-state index >= 15 is 4.39 Å². The molecular weight excluding hydrogens is 500 g/mol. The van der Waals surface area contributed by atoms with Crippen LogP contribution in [0.2, 0.25) is 10.0 Å². The fourth-order valence-electron chi connectivity index (χ4n) is 4.20. The number of nitrogens with zero attached hydrogens (tertiary/aromatic N) is 4. The van der Waals surface area contributed by atoms with E-state index in [2.05, 4.69) is 21.9 Å². The minimum atomic E-state index is -0.878. The van der Waals surface area contributed by atoms with Crippen molar-refractivity contribution in [2.45, 2.75) is 12.5 Å². The number of hydrogen-bond acceptors (Lipinski definition) is 7. The van der Waals surface area contributed by atoms with Gasteiger partial charge in [0.25, 0.3) is 0 Å². The maximum absolute atomic E-state index is 15.0. The molecule has 1 amide bonds. The molecule has 1 saturated heterocycles. The second-order valence-corrected chi connectivity index (χ2v) is 8.63. The van der Waals surface area contributed by atoms with Crippen LogP contribution in [-0.2, 0) is 4.79 Å². The molecule has 2 aromatic carbocycles. The van der Waals surface area contributed by atoms with Gasteiger partial charge in [-0.25, -0.2) is 18.7 Å². The van der Waals surface area contributed by atoms with Gasteiger partial charge in [0.1, 0.15) is 11.6 Å². The molecule has 3 aromatic rings. The summed E-state index contributed by atoms with van der Waals surface area (Å²) < 4.78 is 27.8. The molecule has 1 atom stereocenters. The molecule has 1 aromatic heterocycles. The fraction of sp³-hybridized carbons (Fsp3) is 0.217. The van der Waals surface area contributed by atoms with Crippen LogP contribution >= 0.6 is 23.2 Å². The summed E-state index contributed by atoms with van der Waals surface area (Å²) in [6.45, 7) is 4.36. The highest BCUT2D eigenvalue weighted by molar-refractivity contribution is 6.42. The van der Waals surface area contributed by atoms with Gasteiger partial charge < -0.3 is 19.7 Å². The standard InChI is InChI=1S/C23H18Cl2FN5O4/c1-3-16(32)30-7-6-11(9-30)35-21-15(34-2)8-13-17-20(21)29-23(33)31(22(17)28-10-27-13)14-5-4-12(24)18(25)19(14)26/h3-5,8,10-11H,1,6-7,9H2,2H3,(H,27,28). The maximum atomic E-state index is 15.0. The van der Waals surface area contributed by atoms with Gasteiger partial charge >= 0.3 is 5.69 Å². The molecule has 0 bridgehead atoms. The molecule has 1 N–H and O–H groups in total. The topological polar surface area (TPSA) is 98.0 Å². The van der Waals surface area contributed by atoms with Gasteiger partial charge in [-0.2, -0.15) is 4.98 Å². The zero-order valence-electron chi connectivity index (χ0n) is 18.3. The van der Waals surface area contributed by atoms with Crippen LogP contribution in [0, 0.1) is 5.82 Å². The van der Waals surface area contributed by atoms with Gasteiger partial charge in [0.2, 0.25) is 5.91 Å². The molecule has 1 unspecified atom stereocenters. The maximum Gasteiger partial charge on any atom is 0.354 e. The fourth-order valence-corrected chi connectivity index (χ4v) is 4.50. The second-order valence-electron chi connectivity index (χ2n) is 7.85. The Morgan fingerprint density at radius 2 is 2.17 bits per heavy atom. The van der Waals surface area contributed by atoms with E-state index in [1.807, 2.05) is 0 Å². The highest BCUT2D eigenvalue weighted by Gasteiger charge is 2.30. The number of halogens is 3. The molecule has 2 aliphatic rings. The van der Waals surface area contributed by atoms with Crippen LogP contribution in [0.4, 0.5) is 15.9 Å².